The Labute approximate surface area is 99.3 Å². The predicted octanol–water partition coefficient (Wildman–Crippen LogP) is 3.39. The first-order chi connectivity index (χ1) is 6.98. The standard InChI is InChI=1S/C11H23ClO2S/c1-3-4-5-6-7-8-9-15(13,14)10-11(2)12/h11H,3-10H2,1-2H3. The van der Waals surface area contributed by atoms with Crippen molar-refractivity contribution in [2.75, 3.05) is 11.5 Å². The Kier molecular flexibility index (Phi) is 8.53. The number of unbranched alkanes of at least 4 members (excludes halogenated alkanes) is 5. The Morgan fingerprint density at radius 1 is 1.07 bits per heavy atom. The van der Waals surface area contributed by atoms with Gasteiger partial charge in [-0.05, 0) is 13.3 Å². The molecule has 15 heavy (non-hydrogen) atoms. The van der Waals surface area contributed by atoms with Gasteiger partial charge in [0.1, 0.15) is 0 Å². The lowest BCUT2D eigenvalue weighted by Crippen LogP contribution is -2.17. The van der Waals surface area contributed by atoms with Gasteiger partial charge in [-0.15, -0.1) is 11.6 Å². The van der Waals surface area contributed by atoms with Crippen LogP contribution in [0, 0.1) is 0 Å². The van der Waals surface area contributed by atoms with Crippen LogP contribution in [0.2, 0.25) is 0 Å². The van der Waals surface area contributed by atoms with Crippen LogP contribution >= 0.6 is 11.6 Å². The summed E-state index contributed by atoms with van der Waals surface area (Å²) in [4.78, 5) is 0. The molecule has 92 valence electrons. The van der Waals surface area contributed by atoms with Gasteiger partial charge in [-0.25, -0.2) is 8.42 Å². The molecule has 0 aliphatic carbocycles. The topological polar surface area (TPSA) is 34.1 Å². The molecular weight excluding hydrogens is 232 g/mol. The molecule has 0 amide bonds. The molecule has 0 aromatic rings. The van der Waals surface area contributed by atoms with Crippen molar-refractivity contribution >= 4 is 21.4 Å². The molecular formula is C11H23ClO2S. The van der Waals surface area contributed by atoms with E-state index in [9.17, 15) is 8.42 Å². The number of sulfone groups is 1. The lowest BCUT2D eigenvalue weighted by Gasteiger charge is -2.05. The summed E-state index contributed by atoms with van der Waals surface area (Å²) >= 11 is 5.66. The number of hydrogen-bond donors (Lipinski definition) is 0. The minimum Gasteiger partial charge on any atom is -0.229 e. The van der Waals surface area contributed by atoms with Crippen molar-refractivity contribution in [1.29, 1.82) is 0 Å². The summed E-state index contributed by atoms with van der Waals surface area (Å²) in [7, 11) is -2.91. The van der Waals surface area contributed by atoms with Gasteiger partial charge in [0.05, 0.1) is 11.5 Å². The third kappa shape index (κ3) is 10.5. The molecule has 0 radical (unpaired) electrons. The van der Waals surface area contributed by atoms with Crippen LogP contribution in [0.25, 0.3) is 0 Å². The molecule has 1 atom stereocenters. The summed E-state index contributed by atoms with van der Waals surface area (Å²) < 4.78 is 22.9. The van der Waals surface area contributed by atoms with Gasteiger partial charge in [-0.1, -0.05) is 39.0 Å². The molecule has 0 fully saturated rings. The largest absolute Gasteiger partial charge is 0.229 e. The van der Waals surface area contributed by atoms with E-state index in [1.807, 2.05) is 0 Å². The van der Waals surface area contributed by atoms with Crippen LogP contribution in [0.5, 0.6) is 0 Å². The molecule has 4 heteroatoms. The van der Waals surface area contributed by atoms with Gasteiger partial charge in [-0.3, -0.25) is 0 Å². The summed E-state index contributed by atoms with van der Waals surface area (Å²) in [5.41, 5.74) is 0. The number of alkyl halides is 1. The third-order valence-electron chi connectivity index (χ3n) is 2.29. The summed E-state index contributed by atoms with van der Waals surface area (Å²) in [6.07, 6.45) is 6.67. The predicted molar refractivity (Wildman–Crippen MR) is 67.3 cm³/mol. The lowest BCUT2D eigenvalue weighted by atomic mass is 10.1. The molecule has 0 spiro atoms. The van der Waals surface area contributed by atoms with Crippen molar-refractivity contribution < 1.29 is 8.42 Å². The molecule has 0 heterocycles. The van der Waals surface area contributed by atoms with Gasteiger partial charge in [0.2, 0.25) is 0 Å². The second-order valence-corrected chi connectivity index (χ2v) is 7.14. The first-order valence-electron chi connectivity index (χ1n) is 5.82. The van der Waals surface area contributed by atoms with Crippen LogP contribution in [0.15, 0.2) is 0 Å². The van der Waals surface area contributed by atoms with Gasteiger partial charge < -0.3 is 0 Å². The number of halogens is 1. The van der Waals surface area contributed by atoms with Gasteiger partial charge in [0, 0.05) is 5.38 Å². The van der Waals surface area contributed by atoms with E-state index >= 15 is 0 Å². The third-order valence-corrected chi connectivity index (χ3v) is 4.55. The van der Waals surface area contributed by atoms with Crippen molar-refractivity contribution in [3.8, 4) is 0 Å². The Bertz CT molecular complexity index is 235. The molecule has 0 N–H and O–H groups in total. The number of hydrogen-bond acceptors (Lipinski definition) is 2. The highest BCUT2D eigenvalue weighted by Gasteiger charge is 2.13. The van der Waals surface area contributed by atoms with Crippen molar-refractivity contribution in [2.24, 2.45) is 0 Å². The second-order valence-electron chi connectivity index (χ2n) is 4.16. The van der Waals surface area contributed by atoms with E-state index in [0.717, 1.165) is 19.3 Å². The Morgan fingerprint density at radius 3 is 2.13 bits per heavy atom. The zero-order chi connectivity index (χ0) is 11.7. The van der Waals surface area contributed by atoms with E-state index in [0.29, 0.717) is 5.75 Å². The average molecular weight is 255 g/mol. The van der Waals surface area contributed by atoms with E-state index in [4.69, 9.17) is 11.6 Å². The monoisotopic (exact) mass is 254 g/mol. The minimum atomic E-state index is -2.91. The van der Waals surface area contributed by atoms with Crippen molar-refractivity contribution in [3.05, 3.63) is 0 Å². The highest BCUT2D eigenvalue weighted by atomic mass is 35.5. The van der Waals surface area contributed by atoms with E-state index in [-0.39, 0.29) is 11.1 Å². The zero-order valence-electron chi connectivity index (χ0n) is 9.84. The first kappa shape index (κ1) is 15.2. The highest BCUT2D eigenvalue weighted by molar-refractivity contribution is 7.91. The van der Waals surface area contributed by atoms with Crippen LogP contribution in [-0.4, -0.2) is 25.3 Å². The summed E-state index contributed by atoms with van der Waals surface area (Å²) in [6, 6.07) is 0. The van der Waals surface area contributed by atoms with Crippen LogP contribution < -0.4 is 0 Å². The van der Waals surface area contributed by atoms with Crippen LogP contribution in [0.3, 0.4) is 0 Å². The fourth-order valence-electron chi connectivity index (χ4n) is 1.54. The van der Waals surface area contributed by atoms with Crippen LogP contribution in [-0.2, 0) is 9.84 Å². The van der Waals surface area contributed by atoms with E-state index in [2.05, 4.69) is 6.92 Å². The van der Waals surface area contributed by atoms with Gasteiger partial charge >= 0.3 is 0 Å². The van der Waals surface area contributed by atoms with E-state index in [1.165, 1.54) is 19.3 Å². The van der Waals surface area contributed by atoms with E-state index in [1.54, 1.807) is 6.92 Å². The highest BCUT2D eigenvalue weighted by Crippen LogP contribution is 2.08. The van der Waals surface area contributed by atoms with Gasteiger partial charge in [0.15, 0.2) is 9.84 Å². The molecule has 0 aliphatic rings. The molecule has 0 aliphatic heterocycles. The quantitative estimate of drug-likeness (QED) is 0.467. The van der Waals surface area contributed by atoms with Crippen LogP contribution in [0.1, 0.15) is 52.4 Å². The lowest BCUT2D eigenvalue weighted by molar-refractivity contribution is 0.583. The molecule has 0 saturated carbocycles. The molecule has 0 aromatic carbocycles. The summed E-state index contributed by atoms with van der Waals surface area (Å²) in [6.45, 7) is 3.90. The fraction of sp³-hybridized carbons (Fsp3) is 1.00. The molecule has 0 bridgehead atoms. The smallest absolute Gasteiger partial charge is 0.151 e. The van der Waals surface area contributed by atoms with Crippen molar-refractivity contribution in [2.45, 2.75) is 57.7 Å². The Hall–Kier alpha value is 0.240. The zero-order valence-corrected chi connectivity index (χ0v) is 11.4. The second kappa shape index (κ2) is 8.40. The SMILES string of the molecule is CCCCCCCCS(=O)(=O)CC(C)Cl. The normalized spacial score (nSPS) is 14.1. The molecule has 0 rings (SSSR count). The Balaban J connectivity index is 3.50. The first-order valence-corrected chi connectivity index (χ1v) is 8.08. The molecule has 2 nitrogen and oxygen atoms in total. The molecule has 1 unspecified atom stereocenters. The maximum absolute atomic E-state index is 11.4. The van der Waals surface area contributed by atoms with Crippen molar-refractivity contribution in [3.63, 3.8) is 0 Å². The summed E-state index contributed by atoms with van der Waals surface area (Å²) in [5.74, 6) is 0.416. The fourth-order valence-corrected chi connectivity index (χ4v) is 3.62. The van der Waals surface area contributed by atoms with Crippen molar-refractivity contribution in [1.82, 2.24) is 0 Å². The summed E-state index contributed by atoms with van der Waals surface area (Å²) in [5, 5.41) is -0.268. The maximum atomic E-state index is 11.4. The maximum Gasteiger partial charge on any atom is 0.151 e. The minimum absolute atomic E-state index is 0.115. The molecule has 0 aromatic heterocycles. The average Bonchev–Trinajstić information content (AvgIpc) is 2.08. The van der Waals surface area contributed by atoms with E-state index < -0.39 is 9.84 Å². The van der Waals surface area contributed by atoms with Gasteiger partial charge in [0.25, 0.3) is 0 Å². The number of rotatable bonds is 9. The van der Waals surface area contributed by atoms with Gasteiger partial charge in [-0.2, -0.15) is 0 Å². The Morgan fingerprint density at radius 2 is 1.60 bits per heavy atom. The van der Waals surface area contributed by atoms with Crippen LogP contribution in [0.4, 0.5) is 0 Å². The molecule has 0 saturated heterocycles.